The Morgan fingerprint density at radius 2 is 2.04 bits per heavy atom. The third kappa shape index (κ3) is 2.81. The average molecular weight is 353 g/mol. The van der Waals surface area contributed by atoms with Crippen LogP contribution in [0.5, 0.6) is 0 Å². The highest BCUT2D eigenvalue weighted by Gasteiger charge is 2.28. The van der Waals surface area contributed by atoms with E-state index >= 15 is 0 Å². The number of carbonyl (C=O) groups excluding carboxylic acids is 1. The fourth-order valence-electron chi connectivity index (χ4n) is 3.56. The second-order valence-corrected chi connectivity index (χ2v) is 6.84. The summed E-state index contributed by atoms with van der Waals surface area (Å²) in [5.74, 6) is 0.945. The summed E-state index contributed by atoms with van der Waals surface area (Å²) in [6, 6.07) is 4.04. The number of carbonyl (C=O) groups is 1. The van der Waals surface area contributed by atoms with Crippen molar-refractivity contribution < 1.29 is 4.79 Å². The van der Waals surface area contributed by atoms with Gasteiger partial charge >= 0.3 is 0 Å². The number of piperidine rings is 1. The van der Waals surface area contributed by atoms with Gasteiger partial charge in [0.25, 0.3) is 5.91 Å². The number of nitrogens with zero attached hydrogens (tertiary/aromatic N) is 7. The van der Waals surface area contributed by atoms with Crippen molar-refractivity contribution in [2.24, 2.45) is 7.05 Å². The van der Waals surface area contributed by atoms with Crippen LogP contribution in [-0.4, -0.2) is 61.4 Å². The maximum absolute atomic E-state index is 12.7. The molecule has 3 aromatic heterocycles. The van der Waals surface area contributed by atoms with Crippen LogP contribution >= 0.6 is 0 Å². The van der Waals surface area contributed by atoms with Crippen molar-refractivity contribution in [3.63, 3.8) is 0 Å². The van der Waals surface area contributed by atoms with Crippen LogP contribution in [0, 0.1) is 6.92 Å². The van der Waals surface area contributed by atoms with Gasteiger partial charge in [-0.3, -0.25) is 9.48 Å². The Kier molecular flexibility index (Phi) is 4.10. The van der Waals surface area contributed by atoms with E-state index in [-0.39, 0.29) is 11.9 Å². The molecule has 0 aliphatic carbocycles. The van der Waals surface area contributed by atoms with Crippen molar-refractivity contribution in [1.29, 1.82) is 0 Å². The highest BCUT2D eigenvalue weighted by molar-refractivity contribution is 5.92. The first kappa shape index (κ1) is 16.6. The van der Waals surface area contributed by atoms with E-state index in [1.54, 1.807) is 17.1 Å². The number of hydrogen-bond donors (Lipinski definition) is 0. The molecule has 0 saturated carbocycles. The van der Waals surface area contributed by atoms with Crippen molar-refractivity contribution in [1.82, 2.24) is 29.3 Å². The Morgan fingerprint density at radius 1 is 1.27 bits per heavy atom. The Hall–Kier alpha value is -2.90. The number of hydrogen-bond acceptors (Lipinski definition) is 5. The van der Waals surface area contributed by atoms with E-state index in [9.17, 15) is 4.79 Å². The van der Waals surface area contributed by atoms with Crippen LogP contribution in [0.4, 0.5) is 5.82 Å². The lowest BCUT2D eigenvalue weighted by Gasteiger charge is -2.37. The van der Waals surface area contributed by atoms with Crippen LogP contribution in [0.3, 0.4) is 0 Å². The Bertz CT molecular complexity index is 917. The summed E-state index contributed by atoms with van der Waals surface area (Å²) in [4.78, 5) is 21.4. The molecular weight excluding hydrogens is 330 g/mol. The van der Waals surface area contributed by atoms with E-state index in [1.807, 2.05) is 48.8 Å². The average Bonchev–Trinajstić information content (AvgIpc) is 3.27. The molecule has 1 aliphatic heterocycles. The van der Waals surface area contributed by atoms with E-state index in [2.05, 4.69) is 20.1 Å². The standard InChI is InChI=1S/C18H23N7O/c1-13-12-15(21-23(13)3)18(26)22(2)14-5-9-24(10-6-14)17-16-4-7-20-25(16)11-8-19-17/h4,7-8,11-12,14H,5-6,9-10H2,1-3H3. The smallest absolute Gasteiger partial charge is 0.274 e. The Balaban J connectivity index is 1.44. The minimum absolute atomic E-state index is 0.0110. The van der Waals surface area contributed by atoms with Gasteiger partial charge in [-0.05, 0) is 31.9 Å². The lowest BCUT2D eigenvalue weighted by Crippen LogP contribution is -2.46. The molecule has 0 aromatic carbocycles. The second-order valence-electron chi connectivity index (χ2n) is 6.84. The molecule has 8 nitrogen and oxygen atoms in total. The van der Waals surface area contributed by atoms with Crippen LogP contribution in [0.1, 0.15) is 29.0 Å². The third-order valence-corrected chi connectivity index (χ3v) is 5.27. The topological polar surface area (TPSA) is 71.6 Å². The molecule has 0 N–H and O–H groups in total. The second kappa shape index (κ2) is 6.44. The van der Waals surface area contributed by atoms with Gasteiger partial charge < -0.3 is 9.80 Å². The number of aryl methyl sites for hydroxylation is 2. The van der Waals surface area contributed by atoms with E-state index in [4.69, 9.17) is 0 Å². The minimum Gasteiger partial charge on any atom is -0.355 e. The quantitative estimate of drug-likeness (QED) is 0.714. The summed E-state index contributed by atoms with van der Waals surface area (Å²) >= 11 is 0. The summed E-state index contributed by atoms with van der Waals surface area (Å²) in [5.41, 5.74) is 2.51. The molecule has 4 heterocycles. The molecule has 4 rings (SSSR count). The SMILES string of the molecule is Cc1cc(C(=O)N(C)C2CCN(c3nccn4nccc34)CC2)nn1C. The van der Waals surface area contributed by atoms with Crippen LogP contribution in [0.2, 0.25) is 0 Å². The predicted octanol–water partition coefficient (Wildman–Crippen LogP) is 1.51. The Labute approximate surface area is 152 Å². The van der Waals surface area contributed by atoms with Gasteiger partial charge in [-0.25, -0.2) is 9.50 Å². The molecule has 1 amide bonds. The Morgan fingerprint density at radius 3 is 2.73 bits per heavy atom. The molecule has 1 aliphatic rings. The summed E-state index contributed by atoms with van der Waals surface area (Å²) in [6.45, 7) is 3.68. The molecule has 0 atom stereocenters. The monoisotopic (exact) mass is 353 g/mol. The summed E-state index contributed by atoms with van der Waals surface area (Å²) < 4.78 is 3.58. The zero-order chi connectivity index (χ0) is 18.3. The first-order valence-corrected chi connectivity index (χ1v) is 8.85. The van der Waals surface area contributed by atoms with Crippen LogP contribution in [0.25, 0.3) is 5.52 Å². The molecule has 0 unspecified atom stereocenters. The van der Waals surface area contributed by atoms with Crippen molar-refractivity contribution in [2.45, 2.75) is 25.8 Å². The molecule has 0 radical (unpaired) electrons. The molecule has 1 saturated heterocycles. The lowest BCUT2D eigenvalue weighted by molar-refractivity contribution is 0.0702. The fourth-order valence-corrected chi connectivity index (χ4v) is 3.56. The highest BCUT2D eigenvalue weighted by Crippen LogP contribution is 2.24. The van der Waals surface area contributed by atoms with Crippen LogP contribution in [-0.2, 0) is 7.05 Å². The highest BCUT2D eigenvalue weighted by atomic mass is 16.2. The summed E-state index contributed by atoms with van der Waals surface area (Å²) in [6.07, 6.45) is 7.23. The molecule has 1 fully saturated rings. The molecule has 26 heavy (non-hydrogen) atoms. The van der Waals surface area contributed by atoms with Crippen molar-refractivity contribution in [3.8, 4) is 0 Å². The normalized spacial score (nSPS) is 15.6. The van der Waals surface area contributed by atoms with Gasteiger partial charge in [0.2, 0.25) is 0 Å². The fraction of sp³-hybridized carbons (Fsp3) is 0.444. The zero-order valence-corrected chi connectivity index (χ0v) is 15.3. The van der Waals surface area contributed by atoms with Gasteiger partial charge in [0, 0.05) is 51.3 Å². The minimum atomic E-state index is -0.0110. The zero-order valence-electron chi connectivity index (χ0n) is 15.3. The number of fused-ring (bicyclic) bond motifs is 1. The third-order valence-electron chi connectivity index (χ3n) is 5.27. The van der Waals surface area contributed by atoms with Gasteiger partial charge in [0.15, 0.2) is 11.5 Å². The van der Waals surface area contributed by atoms with Crippen molar-refractivity contribution >= 4 is 17.2 Å². The largest absolute Gasteiger partial charge is 0.355 e. The van der Waals surface area contributed by atoms with Gasteiger partial charge in [0.05, 0.1) is 6.20 Å². The van der Waals surface area contributed by atoms with E-state index in [0.717, 1.165) is 43.0 Å². The molecular formula is C18H23N7O. The first-order chi connectivity index (χ1) is 12.5. The number of anilines is 1. The number of rotatable bonds is 3. The van der Waals surface area contributed by atoms with E-state index in [0.29, 0.717) is 5.69 Å². The van der Waals surface area contributed by atoms with Gasteiger partial charge in [0.1, 0.15) is 5.52 Å². The van der Waals surface area contributed by atoms with Crippen molar-refractivity contribution in [3.05, 3.63) is 42.1 Å². The maximum Gasteiger partial charge on any atom is 0.274 e. The van der Waals surface area contributed by atoms with Gasteiger partial charge in [-0.15, -0.1) is 0 Å². The molecule has 3 aromatic rings. The van der Waals surface area contributed by atoms with E-state index in [1.165, 1.54) is 0 Å². The molecule has 136 valence electrons. The molecule has 8 heteroatoms. The van der Waals surface area contributed by atoms with Gasteiger partial charge in [-0.1, -0.05) is 0 Å². The van der Waals surface area contributed by atoms with Gasteiger partial charge in [-0.2, -0.15) is 10.2 Å². The number of amides is 1. The molecule has 0 spiro atoms. The molecule has 0 bridgehead atoms. The lowest BCUT2D eigenvalue weighted by atomic mass is 10.0. The predicted molar refractivity (Wildman–Crippen MR) is 98.3 cm³/mol. The van der Waals surface area contributed by atoms with E-state index < -0.39 is 0 Å². The summed E-state index contributed by atoms with van der Waals surface area (Å²) in [5, 5.41) is 8.58. The van der Waals surface area contributed by atoms with Crippen LogP contribution < -0.4 is 4.90 Å². The first-order valence-electron chi connectivity index (χ1n) is 8.85. The van der Waals surface area contributed by atoms with Crippen LogP contribution in [0.15, 0.2) is 30.7 Å². The number of aromatic nitrogens is 5. The van der Waals surface area contributed by atoms with Crippen molar-refractivity contribution in [2.75, 3.05) is 25.0 Å². The summed E-state index contributed by atoms with van der Waals surface area (Å²) in [7, 11) is 3.73. The maximum atomic E-state index is 12.7.